The van der Waals surface area contributed by atoms with Crippen LogP contribution in [0, 0.1) is 5.92 Å². The number of halogens is 1. The van der Waals surface area contributed by atoms with Crippen molar-refractivity contribution in [1.82, 2.24) is 0 Å². The molecule has 0 aromatic heterocycles. The quantitative estimate of drug-likeness (QED) is 0.517. The normalized spacial score (nSPS) is 34.4. The third-order valence-corrected chi connectivity index (χ3v) is 3.96. The van der Waals surface area contributed by atoms with E-state index < -0.39 is 0 Å². The van der Waals surface area contributed by atoms with E-state index in [9.17, 15) is 4.79 Å². The highest BCUT2D eigenvalue weighted by molar-refractivity contribution is 14.1. The van der Waals surface area contributed by atoms with Gasteiger partial charge in [-0.15, -0.1) is 0 Å². The maximum absolute atomic E-state index is 11.2. The topological polar surface area (TPSA) is 17.1 Å². The zero-order valence-electron chi connectivity index (χ0n) is 6.27. The van der Waals surface area contributed by atoms with Gasteiger partial charge in [-0.3, -0.25) is 4.79 Å². The van der Waals surface area contributed by atoms with Gasteiger partial charge in [-0.2, -0.15) is 0 Å². The van der Waals surface area contributed by atoms with Crippen molar-refractivity contribution in [1.29, 1.82) is 0 Å². The lowest BCUT2D eigenvalue weighted by Gasteiger charge is -2.24. The zero-order valence-corrected chi connectivity index (χ0v) is 8.43. The van der Waals surface area contributed by atoms with Gasteiger partial charge in [0.1, 0.15) is 5.78 Å². The molecule has 0 aromatic carbocycles. The SMILES string of the molecule is CC[C@H]1CCCC(=O)C1I. The summed E-state index contributed by atoms with van der Waals surface area (Å²) in [5.74, 6) is 1.14. The molecule has 0 saturated heterocycles. The molecule has 0 aliphatic heterocycles. The Balaban J connectivity index is 2.51. The van der Waals surface area contributed by atoms with Crippen molar-refractivity contribution in [2.75, 3.05) is 0 Å². The van der Waals surface area contributed by atoms with Crippen molar-refractivity contribution >= 4 is 28.4 Å². The fourth-order valence-corrected chi connectivity index (χ4v) is 2.68. The molecule has 1 saturated carbocycles. The van der Waals surface area contributed by atoms with Crippen LogP contribution in [-0.4, -0.2) is 9.71 Å². The van der Waals surface area contributed by atoms with Crippen molar-refractivity contribution < 1.29 is 4.79 Å². The van der Waals surface area contributed by atoms with E-state index in [1.807, 2.05) is 0 Å². The summed E-state index contributed by atoms with van der Waals surface area (Å²) in [6.45, 7) is 2.18. The second-order valence-electron chi connectivity index (χ2n) is 2.93. The fraction of sp³-hybridized carbons (Fsp3) is 0.875. The standard InChI is InChI=1S/C8H13IO/c1-2-6-4-3-5-7(10)8(6)9/h6,8H,2-5H2,1H3/t6-,8?/m0/s1. The summed E-state index contributed by atoms with van der Waals surface area (Å²) in [7, 11) is 0. The summed E-state index contributed by atoms with van der Waals surface area (Å²) in [6.07, 6.45) is 4.37. The molecule has 0 amide bonds. The van der Waals surface area contributed by atoms with Crippen LogP contribution in [0.4, 0.5) is 0 Å². The lowest BCUT2D eigenvalue weighted by Crippen LogP contribution is -2.27. The molecular weight excluding hydrogens is 239 g/mol. The molecule has 1 aliphatic rings. The monoisotopic (exact) mass is 252 g/mol. The van der Waals surface area contributed by atoms with Crippen molar-refractivity contribution in [2.45, 2.75) is 36.5 Å². The van der Waals surface area contributed by atoms with E-state index in [0.717, 1.165) is 12.8 Å². The largest absolute Gasteiger partial charge is 0.299 e. The van der Waals surface area contributed by atoms with Gasteiger partial charge in [0.2, 0.25) is 0 Å². The Morgan fingerprint density at radius 2 is 2.40 bits per heavy atom. The van der Waals surface area contributed by atoms with Crippen molar-refractivity contribution in [2.24, 2.45) is 5.92 Å². The highest BCUT2D eigenvalue weighted by Gasteiger charge is 2.27. The van der Waals surface area contributed by atoms with E-state index in [0.29, 0.717) is 15.6 Å². The molecule has 1 unspecified atom stereocenters. The van der Waals surface area contributed by atoms with Crippen LogP contribution >= 0.6 is 22.6 Å². The first-order valence-electron chi connectivity index (χ1n) is 3.92. The highest BCUT2D eigenvalue weighted by atomic mass is 127. The van der Waals surface area contributed by atoms with Crippen LogP contribution in [0.15, 0.2) is 0 Å². The predicted molar refractivity (Wildman–Crippen MR) is 50.4 cm³/mol. The molecule has 0 aromatic rings. The lowest BCUT2D eigenvalue weighted by atomic mass is 9.87. The van der Waals surface area contributed by atoms with E-state index in [1.54, 1.807) is 0 Å². The molecule has 1 rings (SSSR count). The lowest BCUT2D eigenvalue weighted by molar-refractivity contribution is -0.120. The minimum absolute atomic E-state index is 0.316. The van der Waals surface area contributed by atoms with E-state index in [2.05, 4.69) is 29.5 Å². The fourth-order valence-electron chi connectivity index (χ4n) is 1.50. The molecule has 0 heterocycles. The van der Waals surface area contributed by atoms with Crippen molar-refractivity contribution in [3.05, 3.63) is 0 Å². The van der Waals surface area contributed by atoms with Gasteiger partial charge in [-0.1, -0.05) is 35.9 Å². The number of ketones is 1. The summed E-state index contributed by atoms with van der Waals surface area (Å²) in [5, 5.41) is 0. The van der Waals surface area contributed by atoms with Crippen LogP contribution in [0.3, 0.4) is 0 Å². The smallest absolute Gasteiger partial charge is 0.145 e. The van der Waals surface area contributed by atoms with Gasteiger partial charge in [0.05, 0.1) is 3.92 Å². The third-order valence-electron chi connectivity index (χ3n) is 2.24. The molecule has 1 fully saturated rings. The molecule has 58 valence electrons. The van der Waals surface area contributed by atoms with Crippen LogP contribution in [0.5, 0.6) is 0 Å². The molecule has 10 heavy (non-hydrogen) atoms. The minimum atomic E-state index is 0.316. The molecular formula is C8H13IO. The number of carbonyl (C=O) groups is 1. The van der Waals surface area contributed by atoms with E-state index in [4.69, 9.17) is 0 Å². The van der Waals surface area contributed by atoms with Crippen LogP contribution in [-0.2, 0) is 4.79 Å². The van der Waals surface area contributed by atoms with Gasteiger partial charge in [-0.25, -0.2) is 0 Å². The average molecular weight is 252 g/mol. The minimum Gasteiger partial charge on any atom is -0.299 e. The number of carbonyl (C=O) groups excluding carboxylic acids is 1. The van der Waals surface area contributed by atoms with Gasteiger partial charge in [0.25, 0.3) is 0 Å². The first-order chi connectivity index (χ1) is 4.75. The Morgan fingerprint density at radius 3 is 2.90 bits per heavy atom. The van der Waals surface area contributed by atoms with E-state index >= 15 is 0 Å². The number of hydrogen-bond acceptors (Lipinski definition) is 1. The number of alkyl halides is 1. The van der Waals surface area contributed by atoms with E-state index in [1.165, 1.54) is 12.8 Å². The van der Waals surface area contributed by atoms with Gasteiger partial charge in [0, 0.05) is 6.42 Å². The van der Waals surface area contributed by atoms with Crippen molar-refractivity contribution in [3.63, 3.8) is 0 Å². The maximum atomic E-state index is 11.2. The summed E-state index contributed by atoms with van der Waals surface area (Å²) in [6, 6.07) is 0. The predicted octanol–water partition coefficient (Wildman–Crippen LogP) is 2.57. The Kier molecular flexibility index (Phi) is 3.14. The number of Topliss-reactive ketones (excluding diaryl/α,β-unsaturated/α-hetero) is 1. The second kappa shape index (κ2) is 3.69. The van der Waals surface area contributed by atoms with Crippen LogP contribution in [0.1, 0.15) is 32.6 Å². The Bertz CT molecular complexity index is 133. The van der Waals surface area contributed by atoms with Crippen molar-refractivity contribution in [3.8, 4) is 0 Å². The molecule has 0 N–H and O–H groups in total. The summed E-state index contributed by atoms with van der Waals surface area (Å²) < 4.78 is 0.316. The van der Waals surface area contributed by atoms with Gasteiger partial charge < -0.3 is 0 Å². The molecule has 0 spiro atoms. The second-order valence-corrected chi connectivity index (χ2v) is 4.27. The Labute approximate surface area is 75.7 Å². The summed E-state index contributed by atoms with van der Waals surface area (Å²) in [4.78, 5) is 11.2. The first kappa shape index (κ1) is 8.50. The Hall–Kier alpha value is 0.400. The number of rotatable bonds is 1. The van der Waals surface area contributed by atoms with Crippen LogP contribution in [0.25, 0.3) is 0 Å². The highest BCUT2D eigenvalue weighted by Crippen LogP contribution is 2.29. The molecule has 2 atom stereocenters. The van der Waals surface area contributed by atoms with Gasteiger partial charge >= 0.3 is 0 Å². The molecule has 0 bridgehead atoms. The maximum Gasteiger partial charge on any atom is 0.145 e. The summed E-state index contributed by atoms with van der Waals surface area (Å²) in [5.41, 5.74) is 0. The number of hydrogen-bond donors (Lipinski definition) is 0. The molecule has 0 radical (unpaired) electrons. The zero-order chi connectivity index (χ0) is 7.56. The molecule has 2 heteroatoms. The molecule has 1 aliphatic carbocycles. The van der Waals surface area contributed by atoms with Gasteiger partial charge in [-0.05, 0) is 18.8 Å². The van der Waals surface area contributed by atoms with Gasteiger partial charge in [0.15, 0.2) is 0 Å². The Morgan fingerprint density at radius 1 is 1.70 bits per heavy atom. The summed E-state index contributed by atoms with van der Waals surface area (Å²) >= 11 is 2.30. The van der Waals surface area contributed by atoms with Crippen LogP contribution < -0.4 is 0 Å². The molecule has 1 nitrogen and oxygen atoms in total. The van der Waals surface area contributed by atoms with E-state index in [-0.39, 0.29) is 0 Å². The average Bonchev–Trinajstić information content (AvgIpc) is 1.95. The van der Waals surface area contributed by atoms with Crippen LogP contribution in [0.2, 0.25) is 0 Å². The first-order valence-corrected chi connectivity index (χ1v) is 5.17. The third kappa shape index (κ3) is 1.71.